The number of fused-ring (bicyclic) bond motifs is 1. The summed E-state index contributed by atoms with van der Waals surface area (Å²) < 4.78 is 0. The summed E-state index contributed by atoms with van der Waals surface area (Å²) in [5.41, 5.74) is 0. The van der Waals surface area contributed by atoms with E-state index in [0.717, 1.165) is 0 Å². The molecule has 0 aliphatic heterocycles. The average Bonchev–Trinajstić information content (AvgIpc) is 2.42. The van der Waals surface area contributed by atoms with E-state index in [9.17, 15) is 0 Å². The van der Waals surface area contributed by atoms with Gasteiger partial charge in [0.05, 0.1) is 0 Å². The molecule has 0 unspecified atom stereocenters. The van der Waals surface area contributed by atoms with Crippen molar-refractivity contribution in [3.05, 3.63) is 72.8 Å². The molecule has 0 aliphatic rings. The van der Waals surface area contributed by atoms with Gasteiger partial charge < -0.3 is 0 Å². The zero-order chi connectivity index (χ0) is 11.1. The SMILES string of the molecule is b1ccc2ccccc2c1.c1ccncc1. The van der Waals surface area contributed by atoms with E-state index >= 15 is 0 Å². The van der Waals surface area contributed by atoms with Crippen LogP contribution < -0.4 is 0 Å². The first-order chi connectivity index (χ1) is 7.97. The smallest absolute Gasteiger partial charge is 0.0267 e. The third kappa shape index (κ3) is 3.02. The van der Waals surface area contributed by atoms with Crippen LogP contribution in [-0.2, 0) is 0 Å². The van der Waals surface area contributed by atoms with Crippen LogP contribution in [0.3, 0.4) is 0 Å². The predicted octanol–water partition coefficient (Wildman–Crippen LogP) is 3.26. The molecule has 3 rings (SSSR count). The minimum absolute atomic E-state index is 1.31. The van der Waals surface area contributed by atoms with Gasteiger partial charge in [-0.25, -0.2) is 0 Å². The molecule has 16 heavy (non-hydrogen) atoms. The van der Waals surface area contributed by atoms with Crippen LogP contribution in [0.15, 0.2) is 72.8 Å². The van der Waals surface area contributed by atoms with Gasteiger partial charge in [-0.3, -0.25) is 4.98 Å². The van der Waals surface area contributed by atoms with E-state index in [1.54, 1.807) is 12.4 Å². The van der Waals surface area contributed by atoms with Gasteiger partial charge in [-0.05, 0) is 12.1 Å². The molecule has 0 bridgehead atoms. The van der Waals surface area contributed by atoms with Crippen LogP contribution in [-0.4, -0.2) is 11.9 Å². The van der Waals surface area contributed by atoms with Gasteiger partial charge in [-0.2, -0.15) is 0 Å². The number of nitrogens with zero attached hydrogens (tertiary/aromatic N) is 1. The summed E-state index contributed by atoms with van der Waals surface area (Å²) in [7, 11) is 0. The zero-order valence-electron chi connectivity index (χ0n) is 8.95. The average molecular weight is 205 g/mol. The molecular weight excluding hydrogens is 193 g/mol. The summed E-state index contributed by atoms with van der Waals surface area (Å²) in [5.74, 6) is 4.18. The fourth-order valence-corrected chi connectivity index (χ4v) is 1.45. The molecule has 0 amide bonds. The molecular formula is C14H12BN. The van der Waals surface area contributed by atoms with Gasteiger partial charge >= 0.3 is 59.9 Å². The van der Waals surface area contributed by atoms with Crippen molar-refractivity contribution in [2.75, 3.05) is 0 Å². The summed E-state index contributed by atoms with van der Waals surface area (Å²) in [6, 6.07) is 16.2. The summed E-state index contributed by atoms with van der Waals surface area (Å²) in [5, 5.41) is 2.62. The summed E-state index contributed by atoms with van der Waals surface area (Å²) in [6.07, 6.45) is 3.50. The van der Waals surface area contributed by atoms with Crippen molar-refractivity contribution in [3.63, 3.8) is 0 Å². The fourth-order valence-electron chi connectivity index (χ4n) is 1.45. The first-order valence-corrected chi connectivity index (χ1v) is 5.25. The Morgan fingerprint density at radius 2 is 1.50 bits per heavy atom. The minimum Gasteiger partial charge on any atom is -0.265 e. The molecule has 2 heterocycles. The maximum absolute atomic E-state index is 3.78. The molecule has 76 valence electrons. The normalized spacial score (nSPS) is 9.00. The van der Waals surface area contributed by atoms with Crippen molar-refractivity contribution in [2.24, 2.45) is 0 Å². The zero-order valence-corrected chi connectivity index (χ0v) is 8.95. The second-order valence-electron chi connectivity index (χ2n) is 3.37. The molecule has 0 fully saturated rings. The van der Waals surface area contributed by atoms with Crippen LogP contribution >= 0.6 is 0 Å². The third-order valence-corrected chi connectivity index (χ3v) is 2.23. The third-order valence-electron chi connectivity index (χ3n) is 2.23. The van der Waals surface area contributed by atoms with Gasteiger partial charge in [0.25, 0.3) is 0 Å². The number of aromatic nitrogens is 1. The molecule has 0 saturated heterocycles. The van der Waals surface area contributed by atoms with Crippen molar-refractivity contribution in [3.8, 4) is 0 Å². The Morgan fingerprint density at radius 1 is 0.750 bits per heavy atom. The van der Waals surface area contributed by atoms with Crippen molar-refractivity contribution in [2.45, 2.75) is 0 Å². The van der Waals surface area contributed by atoms with Gasteiger partial charge in [-0.15, -0.1) is 0 Å². The molecule has 0 N–H and O–H groups in total. The molecule has 1 aromatic carbocycles. The minimum atomic E-state index is 1.31. The van der Waals surface area contributed by atoms with Crippen LogP contribution in [0.4, 0.5) is 0 Å². The van der Waals surface area contributed by atoms with Gasteiger partial charge in [0.2, 0.25) is 0 Å². The predicted molar refractivity (Wildman–Crippen MR) is 69.5 cm³/mol. The Labute approximate surface area is 96.0 Å². The summed E-state index contributed by atoms with van der Waals surface area (Å²) in [4.78, 5) is 3.78. The Kier molecular flexibility index (Phi) is 3.84. The second kappa shape index (κ2) is 5.81. The van der Waals surface area contributed by atoms with E-state index < -0.39 is 0 Å². The first-order valence-electron chi connectivity index (χ1n) is 5.25. The second-order valence-corrected chi connectivity index (χ2v) is 3.37. The molecule has 2 aromatic heterocycles. The number of hydrogen-bond acceptors (Lipinski definition) is 1. The molecule has 1 nitrogen and oxygen atoms in total. The number of hydrogen-bond donors (Lipinski definition) is 0. The number of pyridine rings is 1. The largest absolute Gasteiger partial charge is 0.265 e. The van der Waals surface area contributed by atoms with Gasteiger partial charge in [0.1, 0.15) is 0 Å². The Balaban J connectivity index is 0.000000138. The van der Waals surface area contributed by atoms with Crippen molar-refractivity contribution < 1.29 is 0 Å². The van der Waals surface area contributed by atoms with E-state index in [2.05, 4.69) is 54.1 Å². The molecule has 0 aliphatic carbocycles. The maximum atomic E-state index is 3.78. The molecule has 0 atom stereocenters. The van der Waals surface area contributed by atoms with Gasteiger partial charge in [0, 0.05) is 12.4 Å². The molecule has 0 radical (unpaired) electrons. The van der Waals surface area contributed by atoms with Crippen molar-refractivity contribution in [1.29, 1.82) is 0 Å². The van der Waals surface area contributed by atoms with Crippen molar-refractivity contribution in [1.82, 2.24) is 4.98 Å². The van der Waals surface area contributed by atoms with E-state index in [1.807, 2.05) is 18.2 Å². The number of benzene rings is 1. The van der Waals surface area contributed by atoms with Gasteiger partial charge in [0.15, 0.2) is 0 Å². The molecule has 2 heteroatoms. The topological polar surface area (TPSA) is 12.9 Å². The van der Waals surface area contributed by atoms with Crippen molar-refractivity contribution >= 4 is 17.7 Å². The monoisotopic (exact) mass is 205 g/mol. The number of rotatable bonds is 0. The Bertz CT molecular complexity index is 445. The Hall–Kier alpha value is -1.96. The molecule has 0 spiro atoms. The standard InChI is InChI=1S/C9H7B.C5H5N/c1-2-4-9-7-10-6-5-8(9)3-1;1-2-4-6-5-3-1/h1-7H;1-5H. The first kappa shape index (κ1) is 10.6. The van der Waals surface area contributed by atoms with Crippen LogP contribution in [0.1, 0.15) is 0 Å². The van der Waals surface area contributed by atoms with Crippen LogP contribution in [0.5, 0.6) is 0 Å². The molecule has 0 saturated carbocycles. The summed E-state index contributed by atoms with van der Waals surface area (Å²) in [6.45, 7) is 2.06. The summed E-state index contributed by atoms with van der Waals surface area (Å²) >= 11 is 0. The van der Waals surface area contributed by atoms with Crippen LogP contribution in [0.2, 0.25) is 0 Å². The van der Waals surface area contributed by atoms with E-state index in [1.165, 1.54) is 10.8 Å². The van der Waals surface area contributed by atoms with E-state index in [-0.39, 0.29) is 0 Å². The van der Waals surface area contributed by atoms with E-state index in [0.29, 0.717) is 0 Å². The van der Waals surface area contributed by atoms with Crippen LogP contribution in [0.25, 0.3) is 10.8 Å². The Morgan fingerprint density at radius 3 is 2.06 bits per heavy atom. The quantitative estimate of drug-likeness (QED) is 0.548. The van der Waals surface area contributed by atoms with Crippen LogP contribution in [0, 0.1) is 0 Å². The van der Waals surface area contributed by atoms with Gasteiger partial charge in [-0.1, -0.05) is 6.07 Å². The molecule has 3 aromatic rings. The fraction of sp³-hybridized carbons (Fsp3) is 0. The van der Waals surface area contributed by atoms with E-state index in [4.69, 9.17) is 0 Å². The maximum Gasteiger partial charge on any atom is 0.0267 e.